The summed E-state index contributed by atoms with van der Waals surface area (Å²) >= 11 is 0. The number of hydrogen-bond donors (Lipinski definition) is 2. The van der Waals surface area contributed by atoms with Crippen molar-refractivity contribution < 1.29 is 9.84 Å². The molecule has 0 aromatic heterocycles. The SMILES string of the molecule is CCOC1CC(NC(C)C(C)CO)C12CCCC2. The van der Waals surface area contributed by atoms with Gasteiger partial charge in [-0.3, -0.25) is 0 Å². The van der Waals surface area contributed by atoms with Crippen LogP contribution < -0.4 is 5.32 Å². The molecule has 2 rings (SSSR count). The zero-order valence-electron chi connectivity index (χ0n) is 12.1. The van der Waals surface area contributed by atoms with Crippen molar-refractivity contribution in [3.63, 3.8) is 0 Å². The molecule has 3 heteroatoms. The van der Waals surface area contributed by atoms with Gasteiger partial charge in [-0.25, -0.2) is 0 Å². The lowest BCUT2D eigenvalue weighted by atomic mass is 9.60. The van der Waals surface area contributed by atoms with Crippen molar-refractivity contribution in [1.29, 1.82) is 0 Å². The van der Waals surface area contributed by atoms with Gasteiger partial charge in [0.2, 0.25) is 0 Å². The molecule has 0 bridgehead atoms. The lowest BCUT2D eigenvalue weighted by molar-refractivity contribution is -0.133. The second kappa shape index (κ2) is 5.89. The van der Waals surface area contributed by atoms with Crippen LogP contribution in [0.4, 0.5) is 0 Å². The van der Waals surface area contributed by atoms with Gasteiger partial charge in [-0.2, -0.15) is 0 Å². The van der Waals surface area contributed by atoms with Gasteiger partial charge >= 0.3 is 0 Å². The summed E-state index contributed by atoms with van der Waals surface area (Å²) in [6.45, 7) is 7.50. The molecule has 2 aliphatic carbocycles. The molecule has 2 N–H and O–H groups in total. The Morgan fingerprint density at radius 2 is 2.00 bits per heavy atom. The average molecular weight is 255 g/mol. The maximum atomic E-state index is 9.24. The molecular weight excluding hydrogens is 226 g/mol. The fourth-order valence-corrected chi connectivity index (χ4v) is 3.76. The van der Waals surface area contributed by atoms with E-state index in [4.69, 9.17) is 4.74 Å². The van der Waals surface area contributed by atoms with E-state index in [0.29, 0.717) is 29.5 Å². The Morgan fingerprint density at radius 3 is 2.56 bits per heavy atom. The Labute approximate surface area is 111 Å². The summed E-state index contributed by atoms with van der Waals surface area (Å²) in [4.78, 5) is 0. The zero-order valence-corrected chi connectivity index (χ0v) is 12.1. The van der Waals surface area contributed by atoms with Crippen LogP contribution in [0.1, 0.15) is 52.9 Å². The van der Waals surface area contributed by atoms with E-state index in [1.807, 2.05) is 0 Å². The van der Waals surface area contributed by atoms with Crippen LogP contribution in [-0.2, 0) is 4.74 Å². The van der Waals surface area contributed by atoms with Crippen LogP contribution in [0.25, 0.3) is 0 Å². The maximum absolute atomic E-state index is 9.24. The number of nitrogens with one attached hydrogen (secondary N) is 1. The first kappa shape index (κ1) is 14.3. The predicted molar refractivity (Wildman–Crippen MR) is 73.6 cm³/mol. The van der Waals surface area contributed by atoms with Crippen molar-refractivity contribution in [2.24, 2.45) is 11.3 Å². The van der Waals surface area contributed by atoms with Crippen LogP contribution in [0.5, 0.6) is 0 Å². The first-order valence-corrected chi connectivity index (χ1v) is 7.62. The minimum atomic E-state index is 0.267. The van der Waals surface area contributed by atoms with Gasteiger partial charge in [-0.15, -0.1) is 0 Å². The topological polar surface area (TPSA) is 41.5 Å². The molecule has 0 saturated heterocycles. The molecule has 0 heterocycles. The number of aliphatic hydroxyl groups is 1. The summed E-state index contributed by atoms with van der Waals surface area (Å²) in [5.41, 5.74) is 0.402. The summed E-state index contributed by atoms with van der Waals surface area (Å²) in [5.74, 6) is 0.328. The molecule has 0 radical (unpaired) electrons. The molecule has 0 amide bonds. The van der Waals surface area contributed by atoms with E-state index in [1.54, 1.807) is 0 Å². The van der Waals surface area contributed by atoms with Crippen LogP contribution in [-0.4, -0.2) is 36.5 Å². The highest BCUT2D eigenvalue weighted by Gasteiger charge is 2.56. The second-order valence-corrected chi connectivity index (χ2v) is 6.29. The summed E-state index contributed by atoms with van der Waals surface area (Å²) < 4.78 is 5.92. The van der Waals surface area contributed by atoms with Crippen molar-refractivity contribution in [2.75, 3.05) is 13.2 Å². The van der Waals surface area contributed by atoms with Crippen LogP contribution in [0.2, 0.25) is 0 Å². The molecule has 2 fully saturated rings. The Hall–Kier alpha value is -0.120. The molecule has 0 aromatic carbocycles. The van der Waals surface area contributed by atoms with Crippen molar-refractivity contribution in [3.8, 4) is 0 Å². The highest BCUT2D eigenvalue weighted by Crippen LogP contribution is 2.54. The third kappa shape index (κ3) is 2.45. The van der Waals surface area contributed by atoms with Crippen LogP contribution in [0.3, 0.4) is 0 Å². The number of aliphatic hydroxyl groups excluding tert-OH is 1. The van der Waals surface area contributed by atoms with Crippen molar-refractivity contribution in [2.45, 2.75) is 71.1 Å². The monoisotopic (exact) mass is 255 g/mol. The van der Waals surface area contributed by atoms with Gasteiger partial charge in [0.1, 0.15) is 0 Å². The highest BCUT2D eigenvalue weighted by atomic mass is 16.5. The molecular formula is C15H29NO2. The quantitative estimate of drug-likeness (QED) is 0.765. The molecule has 0 aromatic rings. The molecule has 3 nitrogen and oxygen atoms in total. The number of hydrogen-bond acceptors (Lipinski definition) is 3. The van der Waals surface area contributed by atoms with Crippen molar-refractivity contribution in [1.82, 2.24) is 5.32 Å². The van der Waals surface area contributed by atoms with Gasteiger partial charge < -0.3 is 15.2 Å². The Balaban J connectivity index is 1.93. The summed E-state index contributed by atoms with van der Waals surface area (Å²) in [6, 6.07) is 0.987. The smallest absolute Gasteiger partial charge is 0.0661 e. The van der Waals surface area contributed by atoms with E-state index in [1.165, 1.54) is 25.7 Å². The lowest BCUT2D eigenvalue weighted by Gasteiger charge is -2.55. The van der Waals surface area contributed by atoms with Crippen LogP contribution in [0.15, 0.2) is 0 Å². The Kier molecular flexibility index (Phi) is 4.68. The highest BCUT2D eigenvalue weighted by molar-refractivity contribution is 5.10. The average Bonchev–Trinajstić information content (AvgIpc) is 2.88. The predicted octanol–water partition coefficient (Wildman–Crippen LogP) is 2.33. The molecule has 0 aliphatic heterocycles. The van der Waals surface area contributed by atoms with Crippen LogP contribution >= 0.6 is 0 Å². The van der Waals surface area contributed by atoms with Crippen molar-refractivity contribution >= 4 is 0 Å². The van der Waals surface area contributed by atoms with Crippen LogP contribution in [0, 0.1) is 11.3 Å². The number of ether oxygens (including phenoxy) is 1. The van der Waals surface area contributed by atoms with E-state index in [0.717, 1.165) is 13.0 Å². The lowest BCUT2D eigenvalue weighted by Crippen LogP contribution is -2.64. The third-order valence-corrected chi connectivity index (χ3v) is 5.29. The fourth-order valence-electron chi connectivity index (χ4n) is 3.76. The summed E-state index contributed by atoms with van der Waals surface area (Å²) in [6.07, 6.45) is 6.96. The maximum Gasteiger partial charge on any atom is 0.0661 e. The van der Waals surface area contributed by atoms with E-state index in [2.05, 4.69) is 26.1 Å². The first-order valence-electron chi connectivity index (χ1n) is 7.62. The van der Waals surface area contributed by atoms with Gasteiger partial charge in [-0.05, 0) is 39.0 Å². The minimum absolute atomic E-state index is 0.267. The normalized spacial score (nSPS) is 33.3. The fraction of sp³-hybridized carbons (Fsp3) is 1.00. The molecule has 4 unspecified atom stereocenters. The molecule has 106 valence electrons. The minimum Gasteiger partial charge on any atom is -0.396 e. The number of rotatable bonds is 6. The summed E-state index contributed by atoms with van der Waals surface area (Å²) in [5, 5.41) is 13.0. The van der Waals surface area contributed by atoms with E-state index in [9.17, 15) is 5.11 Å². The van der Waals surface area contributed by atoms with Gasteiger partial charge in [-0.1, -0.05) is 19.8 Å². The van der Waals surface area contributed by atoms with E-state index in [-0.39, 0.29) is 6.61 Å². The molecule has 2 aliphatic rings. The molecule has 1 spiro atoms. The molecule has 2 saturated carbocycles. The first-order chi connectivity index (χ1) is 8.64. The zero-order chi connectivity index (χ0) is 13.2. The van der Waals surface area contributed by atoms with Crippen molar-refractivity contribution in [3.05, 3.63) is 0 Å². The second-order valence-electron chi connectivity index (χ2n) is 6.29. The van der Waals surface area contributed by atoms with Gasteiger partial charge in [0.15, 0.2) is 0 Å². The van der Waals surface area contributed by atoms with E-state index >= 15 is 0 Å². The van der Waals surface area contributed by atoms with Gasteiger partial charge in [0.05, 0.1) is 6.10 Å². The third-order valence-electron chi connectivity index (χ3n) is 5.29. The molecule has 18 heavy (non-hydrogen) atoms. The Bertz CT molecular complexity index is 263. The molecule has 4 atom stereocenters. The van der Waals surface area contributed by atoms with E-state index < -0.39 is 0 Å². The summed E-state index contributed by atoms with van der Waals surface area (Å²) in [7, 11) is 0. The standard InChI is InChI=1S/C15H29NO2/c1-4-18-14-9-13(15(14)7-5-6-8-15)16-12(3)11(2)10-17/h11-14,16-17H,4-10H2,1-3H3. The van der Waals surface area contributed by atoms with Gasteiger partial charge in [0, 0.05) is 30.7 Å². The van der Waals surface area contributed by atoms with Gasteiger partial charge in [0.25, 0.3) is 0 Å². The Morgan fingerprint density at radius 1 is 1.33 bits per heavy atom. The largest absolute Gasteiger partial charge is 0.396 e.